The molecule has 0 spiro atoms. The Morgan fingerprint density at radius 1 is 1.37 bits per heavy atom. The second-order valence-corrected chi connectivity index (χ2v) is 5.68. The zero-order valence-corrected chi connectivity index (χ0v) is 11.9. The van der Waals surface area contributed by atoms with Crippen molar-refractivity contribution in [3.8, 4) is 0 Å². The van der Waals surface area contributed by atoms with Gasteiger partial charge in [0.2, 0.25) is 0 Å². The van der Waals surface area contributed by atoms with Gasteiger partial charge in [0.25, 0.3) is 0 Å². The summed E-state index contributed by atoms with van der Waals surface area (Å²) in [6.07, 6.45) is 9.33. The summed E-state index contributed by atoms with van der Waals surface area (Å²) < 4.78 is 0. The van der Waals surface area contributed by atoms with Gasteiger partial charge in [-0.25, -0.2) is 9.97 Å². The van der Waals surface area contributed by atoms with Crippen LogP contribution in [0.4, 0.5) is 5.82 Å². The number of nitrogens with one attached hydrogen (secondary N) is 1. The summed E-state index contributed by atoms with van der Waals surface area (Å²) in [5, 5.41) is 3.46. The molecule has 3 rings (SSSR count). The number of rotatable bonds is 3. The molecule has 104 valence electrons. The maximum absolute atomic E-state index is 4.62. The number of fused-ring (bicyclic) bond motifs is 1. The van der Waals surface area contributed by atoms with Gasteiger partial charge < -0.3 is 10.2 Å². The van der Waals surface area contributed by atoms with Crippen LogP contribution in [0.3, 0.4) is 0 Å². The lowest BCUT2D eigenvalue weighted by molar-refractivity contribution is 0.429. The SMILES string of the molecule is CCCC1CCCCN1c1ncnc2c1CNCC2. The van der Waals surface area contributed by atoms with E-state index in [1.165, 1.54) is 49.2 Å². The highest BCUT2D eigenvalue weighted by Crippen LogP contribution is 2.30. The monoisotopic (exact) mass is 260 g/mol. The average Bonchev–Trinajstić information content (AvgIpc) is 2.48. The molecule has 4 nitrogen and oxygen atoms in total. The van der Waals surface area contributed by atoms with Gasteiger partial charge >= 0.3 is 0 Å². The lowest BCUT2D eigenvalue weighted by atomic mass is 9.97. The predicted molar refractivity (Wildman–Crippen MR) is 77.3 cm³/mol. The van der Waals surface area contributed by atoms with Gasteiger partial charge in [0.1, 0.15) is 12.1 Å². The largest absolute Gasteiger partial charge is 0.353 e. The molecule has 0 saturated carbocycles. The molecule has 0 aromatic carbocycles. The molecule has 1 atom stereocenters. The fraction of sp³-hybridized carbons (Fsp3) is 0.733. The average molecular weight is 260 g/mol. The van der Waals surface area contributed by atoms with Crippen molar-refractivity contribution < 1.29 is 0 Å². The maximum Gasteiger partial charge on any atom is 0.136 e. The van der Waals surface area contributed by atoms with Gasteiger partial charge in [0.15, 0.2) is 0 Å². The molecular weight excluding hydrogens is 236 g/mol. The van der Waals surface area contributed by atoms with Crippen LogP contribution in [-0.4, -0.2) is 29.1 Å². The Bertz CT molecular complexity index is 430. The van der Waals surface area contributed by atoms with Crippen LogP contribution in [0.25, 0.3) is 0 Å². The van der Waals surface area contributed by atoms with Gasteiger partial charge in [-0.1, -0.05) is 13.3 Å². The molecule has 1 fully saturated rings. The smallest absolute Gasteiger partial charge is 0.136 e. The summed E-state index contributed by atoms with van der Waals surface area (Å²) in [5.41, 5.74) is 2.60. The summed E-state index contributed by atoms with van der Waals surface area (Å²) in [7, 11) is 0. The first-order chi connectivity index (χ1) is 9.40. The van der Waals surface area contributed by atoms with E-state index in [0.29, 0.717) is 6.04 Å². The Hall–Kier alpha value is -1.16. The summed E-state index contributed by atoms with van der Waals surface area (Å²) >= 11 is 0. The Morgan fingerprint density at radius 2 is 2.32 bits per heavy atom. The molecule has 0 radical (unpaired) electrons. The minimum Gasteiger partial charge on any atom is -0.353 e. The highest BCUT2D eigenvalue weighted by Gasteiger charge is 2.26. The van der Waals surface area contributed by atoms with Crippen molar-refractivity contribution in [2.45, 2.75) is 58.0 Å². The molecule has 0 aliphatic carbocycles. The quantitative estimate of drug-likeness (QED) is 0.905. The van der Waals surface area contributed by atoms with Crippen LogP contribution >= 0.6 is 0 Å². The van der Waals surface area contributed by atoms with Gasteiger partial charge in [0.05, 0.1) is 5.69 Å². The lowest BCUT2D eigenvalue weighted by Crippen LogP contribution is -2.41. The first-order valence-corrected chi connectivity index (χ1v) is 7.70. The number of hydrogen-bond acceptors (Lipinski definition) is 4. The second-order valence-electron chi connectivity index (χ2n) is 5.68. The van der Waals surface area contributed by atoms with E-state index < -0.39 is 0 Å². The zero-order chi connectivity index (χ0) is 13.1. The molecule has 3 heterocycles. The Balaban J connectivity index is 1.91. The number of nitrogens with zero attached hydrogens (tertiary/aromatic N) is 3. The molecule has 2 aliphatic rings. The van der Waals surface area contributed by atoms with Gasteiger partial charge in [-0.2, -0.15) is 0 Å². The van der Waals surface area contributed by atoms with Crippen molar-refractivity contribution in [1.82, 2.24) is 15.3 Å². The molecule has 19 heavy (non-hydrogen) atoms. The van der Waals surface area contributed by atoms with Gasteiger partial charge in [-0.15, -0.1) is 0 Å². The van der Waals surface area contributed by atoms with Crippen LogP contribution in [0.15, 0.2) is 6.33 Å². The van der Waals surface area contributed by atoms with E-state index in [2.05, 4.69) is 27.1 Å². The van der Waals surface area contributed by atoms with E-state index in [4.69, 9.17) is 0 Å². The Labute approximate surface area is 115 Å². The van der Waals surface area contributed by atoms with Crippen molar-refractivity contribution in [1.29, 1.82) is 0 Å². The van der Waals surface area contributed by atoms with Crippen LogP contribution in [0.5, 0.6) is 0 Å². The topological polar surface area (TPSA) is 41.1 Å². The normalized spacial score (nSPS) is 23.2. The van der Waals surface area contributed by atoms with E-state index in [1.807, 2.05) is 0 Å². The molecule has 2 aliphatic heterocycles. The third kappa shape index (κ3) is 2.59. The first kappa shape index (κ1) is 12.9. The van der Waals surface area contributed by atoms with Crippen LogP contribution in [0, 0.1) is 0 Å². The molecule has 4 heteroatoms. The summed E-state index contributed by atoms with van der Waals surface area (Å²) in [6.45, 7) is 5.42. The van der Waals surface area contributed by atoms with Crippen molar-refractivity contribution in [3.05, 3.63) is 17.6 Å². The molecule has 0 bridgehead atoms. The Morgan fingerprint density at radius 3 is 3.21 bits per heavy atom. The van der Waals surface area contributed by atoms with E-state index in [9.17, 15) is 0 Å². The van der Waals surface area contributed by atoms with Crippen LogP contribution < -0.4 is 10.2 Å². The minimum absolute atomic E-state index is 0.680. The summed E-state index contributed by atoms with van der Waals surface area (Å²) in [6, 6.07) is 0.680. The lowest BCUT2D eigenvalue weighted by Gasteiger charge is -2.38. The standard InChI is InChI=1S/C15H24N4/c1-2-5-12-6-3-4-9-19(12)15-13-10-16-8-7-14(13)17-11-18-15/h11-12,16H,2-10H2,1H3. The molecule has 1 unspecified atom stereocenters. The second kappa shape index (κ2) is 5.87. The third-order valence-corrected chi connectivity index (χ3v) is 4.37. The van der Waals surface area contributed by atoms with Crippen molar-refractivity contribution >= 4 is 5.82 Å². The van der Waals surface area contributed by atoms with Crippen LogP contribution in [0.1, 0.15) is 50.3 Å². The first-order valence-electron chi connectivity index (χ1n) is 7.70. The highest BCUT2D eigenvalue weighted by molar-refractivity contribution is 5.50. The van der Waals surface area contributed by atoms with E-state index >= 15 is 0 Å². The predicted octanol–water partition coefficient (Wildman–Crippen LogP) is 2.28. The van der Waals surface area contributed by atoms with Crippen molar-refractivity contribution in [2.24, 2.45) is 0 Å². The van der Waals surface area contributed by atoms with Crippen LogP contribution in [0.2, 0.25) is 0 Å². The van der Waals surface area contributed by atoms with Crippen molar-refractivity contribution in [3.63, 3.8) is 0 Å². The number of hydrogen-bond donors (Lipinski definition) is 1. The number of aromatic nitrogens is 2. The third-order valence-electron chi connectivity index (χ3n) is 4.37. The molecule has 1 saturated heterocycles. The zero-order valence-electron chi connectivity index (χ0n) is 11.9. The number of anilines is 1. The fourth-order valence-electron chi connectivity index (χ4n) is 3.42. The van der Waals surface area contributed by atoms with Crippen LogP contribution in [-0.2, 0) is 13.0 Å². The molecule has 1 N–H and O–H groups in total. The molecule has 0 amide bonds. The minimum atomic E-state index is 0.680. The molecule has 1 aromatic heterocycles. The number of piperidine rings is 1. The summed E-state index contributed by atoms with van der Waals surface area (Å²) in [4.78, 5) is 11.6. The van der Waals surface area contributed by atoms with Gasteiger partial charge in [-0.05, 0) is 25.7 Å². The molecular formula is C15H24N4. The van der Waals surface area contributed by atoms with E-state index in [-0.39, 0.29) is 0 Å². The van der Waals surface area contributed by atoms with Gasteiger partial charge in [-0.3, -0.25) is 0 Å². The maximum atomic E-state index is 4.62. The Kier molecular flexibility index (Phi) is 3.97. The van der Waals surface area contributed by atoms with E-state index in [0.717, 1.165) is 26.1 Å². The van der Waals surface area contributed by atoms with E-state index in [1.54, 1.807) is 6.33 Å². The summed E-state index contributed by atoms with van der Waals surface area (Å²) in [5.74, 6) is 1.20. The van der Waals surface area contributed by atoms with Crippen molar-refractivity contribution in [2.75, 3.05) is 18.0 Å². The van der Waals surface area contributed by atoms with Gasteiger partial charge in [0, 0.05) is 37.7 Å². The highest BCUT2D eigenvalue weighted by atomic mass is 15.2. The fourth-order valence-corrected chi connectivity index (χ4v) is 3.42. The molecule has 1 aromatic rings.